The lowest BCUT2D eigenvalue weighted by atomic mass is 10.1. The Morgan fingerprint density at radius 3 is 2.76 bits per heavy atom. The number of hydrogen-bond donors (Lipinski definition) is 0. The van der Waals surface area contributed by atoms with Gasteiger partial charge in [-0.25, -0.2) is 4.79 Å². The summed E-state index contributed by atoms with van der Waals surface area (Å²) in [7, 11) is 0. The first-order valence-corrected chi connectivity index (χ1v) is 10.7. The second kappa shape index (κ2) is 8.47. The number of rotatable bonds is 6. The van der Waals surface area contributed by atoms with E-state index in [1.54, 1.807) is 16.7 Å². The van der Waals surface area contributed by atoms with E-state index >= 15 is 0 Å². The van der Waals surface area contributed by atoms with Gasteiger partial charge in [0.25, 0.3) is 0 Å². The molecule has 6 nitrogen and oxygen atoms in total. The molecule has 3 aromatic rings. The number of carbonyl (C=O) groups excluding carboxylic acids is 1. The van der Waals surface area contributed by atoms with E-state index in [1.165, 1.54) is 0 Å². The number of thioether (sulfide) groups is 1. The maximum Gasteiger partial charge on any atom is 0.409 e. The van der Waals surface area contributed by atoms with Gasteiger partial charge in [0.2, 0.25) is 0 Å². The Morgan fingerprint density at radius 2 is 2.00 bits per heavy atom. The topological polar surface area (TPSA) is 60.2 Å². The highest BCUT2D eigenvalue weighted by molar-refractivity contribution is 7.99. The molecule has 0 radical (unpaired) electrons. The molecule has 0 bridgehead atoms. The fourth-order valence-electron chi connectivity index (χ4n) is 3.23. The number of ether oxygens (including phenoxy) is 1. The molecule has 0 atom stereocenters. The van der Waals surface area contributed by atoms with Gasteiger partial charge in [0.1, 0.15) is 6.61 Å². The van der Waals surface area contributed by atoms with Crippen LogP contribution >= 0.6 is 23.4 Å². The Bertz CT molecular complexity index is 1050. The molecule has 2 aromatic carbocycles. The van der Waals surface area contributed by atoms with Crippen molar-refractivity contribution in [3.8, 4) is 17.1 Å². The first-order valence-electron chi connectivity index (χ1n) is 9.37. The largest absolute Gasteiger partial charge is 0.448 e. The molecule has 4 rings (SSSR count). The fourth-order valence-corrected chi connectivity index (χ4v) is 4.36. The van der Waals surface area contributed by atoms with Gasteiger partial charge < -0.3 is 9.64 Å². The van der Waals surface area contributed by atoms with Crippen molar-refractivity contribution in [2.45, 2.75) is 19.0 Å². The van der Waals surface area contributed by atoms with Crippen LogP contribution in [0.25, 0.3) is 17.1 Å². The van der Waals surface area contributed by atoms with Gasteiger partial charge in [-0.3, -0.25) is 4.57 Å². The standard InChI is InChI=1S/C21H21ClN4O2S/c1-14-7-8-15(2)18(13-14)26-19(16-5-3-4-6-17(16)22)23-24-20(26)29-12-10-25-9-11-28-21(25)27/h3-8,13H,9-12H2,1-2H3. The van der Waals surface area contributed by atoms with Gasteiger partial charge in [0.15, 0.2) is 11.0 Å². The third-order valence-electron chi connectivity index (χ3n) is 4.79. The molecule has 29 heavy (non-hydrogen) atoms. The summed E-state index contributed by atoms with van der Waals surface area (Å²) in [5.41, 5.74) is 4.12. The van der Waals surface area contributed by atoms with Gasteiger partial charge in [-0.2, -0.15) is 0 Å². The minimum Gasteiger partial charge on any atom is -0.448 e. The Balaban J connectivity index is 1.71. The first-order chi connectivity index (χ1) is 14.0. The lowest BCUT2D eigenvalue weighted by Gasteiger charge is -2.15. The molecule has 8 heteroatoms. The Kier molecular flexibility index (Phi) is 5.78. The third kappa shape index (κ3) is 4.11. The van der Waals surface area contributed by atoms with Crippen molar-refractivity contribution >= 4 is 29.5 Å². The predicted octanol–water partition coefficient (Wildman–Crippen LogP) is 4.75. The summed E-state index contributed by atoms with van der Waals surface area (Å²) in [5, 5.41) is 10.3. The highest BCUT2D eigenvalue weighted by Crippen LogP contribution is 2.33. The summed E-state index contributed by atoms with van der Waals surface area (Å²) in [6, 6.07) is 13.9. The number of aromatic nitrogens is 3. The van der Waals surface area contributed by atoms with Crippen LogP contribution in [0, 0.1) is 13.8 Å². The molecule has 150 valence electrons. The summed E-state index contributed by atoms with van der Waals surface area (Å²) >= 11 is 8.02. The van der Waals surface area contributed by atoms with E-state index < -0.39 is 0 Å². The monoisotopic (exact) mass is 428 g/mol. The maximum absolute atomic E-state index is 11.7. The summed E-state index contributed by atoms with van der Waals surface area (Å²) in [6.45, 7) is 5.82. The molecule has 0 saturated carbocycles. The zero-order valence-electron chi connectivity index (χ0n) is 16.3. The minimum absolute atomic E-state index is 0.252. The van der Waals surface area contributed by atoms with Crippen molar-refractivity contribution < 1.29 is 9.53 Å². The lowest BCUT2D eigenvalue weighted by Crippen LogP contribution is -2.26. The predicted molar refractivity (Wildman–Crippen MR) is 115 cm³/mol. The number of benzene rings is 2. The highest BCUT2D eigenvalue weighted by Gasteiger charge is 2.23. The molecule has 1 aliphatic rings. The van der Waals surface area contributed by atoms with Crippen molar-refractivity contribution in [1.82, 2.24) is 19.7 Å². The number of aryl methyl sites for hydroxylation is 2. The van der Waals surface area contributed by atoms with E-state index in [0.717, 1.165) is 27.5 Å². The van der Waals surface area contributed by atoms with Crippen LogP contribution in [0.2, 0.25) is 5.02 Å². The van der Waals surface area contributed by atoms with Crippen LogP contribution in [0.1, 0.15) is 11.1 Å². The molecule has 1 saturated heterocycles. The molecular weight excluding hydrogens is 408 g/mol. The normalized spacial score (nSPS) is 13.8. The van der Waals surface area contributed by atoms with Crippen LogP contribution in [-0.2, 0) is 4.74 Å². The minimum atomic E-state index is -0.252. The third-order valence-corrected chi connectivity index (χ3v) is 6.03. The second-order valence-electron chi connectivity index (χ2n) is 6.86. The van der Waals surface area contributed by atoms with Crippen molar-refractivity contribution in [2.24, 2.45) is 0 Å². The fraction of sp³-hybridized carbons (Fsp3) is 0.286. The molecule has 0 spiro atoms. The lowest BCUT2D eigenvalue weighted by molar-refractivity contribution is 0.160. The van der Waals surface area contributed by atoms with Crippen molar-refractivity contribution in [1.29, 1.82) is 0 Å². The maximum atomic E-state index is 11.7. The first kappa shape index (κ1) is 19.8. The Hall–Kier alpha value is -2.51. The van der Waals surface area contributed by atoms with E-state index in [0.29, 0.717) is 36.3 Å². The highest BCUT2D eigenvalue weighted by atomic mass is 35.5. The summed E-state index contributed by atoms with van der Waals surface area (Å²) in [4.78, 5) is 13.4. The molecule has 1 aromatic heterocycles. The quantitative estimate of drug-likeness (QED) is 0.530. The van der Waals surface area contributed by atoms with Crippen molar-refractivity contribution in [2.75, 3.05) is 25.4 Å². The van der Waals surface area contributed by atoms with E-state index in [-0.39, 0.29) is 6.09 Å². The molecule has 0 N–H and O–H groups in total. The van der Waals surface area contributed by atoms with Gasteiger partial charge in [0.05, 0.1) is 17.3 Å². The van der Waals surface area contributed by atoms with Crippen LogP contribution in [0.15, 0.2) is 47.6 Å². The average Bonchev–Trinajstić information content (AvgIpc) is 3.31. The molecule has 2 heterocycles. The van der Waals surface area contributed by atoms with Crippen molar-refractivity contribution in [3.63, 3.8) is 0 Å². The van der Waals surface area contributed by atoms with Crippen LogP contribution < -0.4 is 0 Å². The molecular formula is C21H21ClN4O2S. The summed E-state index contributed by atoms with van der Waals surface area (Å²) in [6.07, 6.45) is -0.252. The van der Waals surface area contributed by atoms with Gasteiger partial charge in [-0.05, 0) is 43.2 Å². The average molecular weight is 429 g/mol. The Morgan fingerprint density at radius 1 is 1.17 bits per heavy atom. The van der Waals surface area contributed by atoms with Gasteiger partial charge in [-0.15, -0.1) is 10.2 Å². The number of halogens is 1. The van der Waals surface area contributed by atoms with Gasteiger partial charge in [0, 0.05) is 17.9 Å². The number of cyclic esters (lactones) is 1. The van der Waals surface area contributed by atoms with Gasteiger partial charge >= 0.3 is 6.09 Å². The molecule has 1 aliphatic heterocycles. The summed E-state index contributed by atoms with van der Waals surface area (Å²) < 4.78 is 7.05. The van der Waals surface area contributed by atoms with Crippen molar-refractivity contribution in [3.05, 3.63) is 58.6 Å². The zero-order chi connectivity index (χ0) is 20.4. The number of carbonyl (C=O) groups is 1. The van der Waals surface area contributed by atoms with Crippen LogP contribution in [0.5, 0.6) is 0 Å². The van der Waals surface area contributed by atoms with E-state index in [4.69, 9.17) is 16.3 Å². The molecule has 0 unspecified atom stereocenters. The Labute approximate surface area is 178 Å². The van der Waals surface area contributed by atoms with Crippen LogP contribution in [0.4, 0.5) is 4.79 Å². The SMILES string of the molecule is Cc1ccc(C)c(-n2c(SCCN3CCOC3=O)nnc2-c2ccccc2Cl)c1. The molecule has 0 aliphatic carbocycles. The number of hydrogen-bond acceptors (Lipinski definition) is 5. The number of nitrogens with zero attached hydrogens (tertiary/aromatic N) is 4. The van der Waals surface area contributed by atoms with Crippen LogP contribution in [-0.4, -0.2) is 51.2 Å². The number of amides is 1. The van der Waals surface area contributed by atoms with E-state index in [1.807, 2.05) is 24.3 Å². The van der Waals surface area contributed by atoms with E-state index in [9.17, 15) is 4.79 Å². The molecule has 1 fully saturated rings. The van der Waals surface area contributed by atoms with Crippen LogP contribution in [0.3, 0.4) is 0 Å². The molecule has 1 amide bonds. The van der Waals surface area contributed by atoms with E-state index in [2.05, 4.69) is 46.8 Å². The van der Waals surface area contributed by atoms with Gasteiger partial charge in [-0.1, -0.05) is 47.6 Å². The second-order valence-corrected chi connectivity index (χ2v) is 8.33. The smallest absolute Gasteiger partial charge is 0.409 e. The summed E-state index contributed by atoms with van der Waals surface area (Å²) in [5.74, 6) is 1.40. The zero-order valence-corrected chi connectivity index (χ0v) is 17.8.